The van der Waals surface area contributed by atoms with Crippen molar-refractivity contribution >= 4 is 15.7 Å². The van der Waals surface area contributed by atoms with Crippen LogP contribution in [-0.2, 0) is 14.6 Å². The predicted molar refractivity (Wildman–Crippen MR) is 73.0 cm³/mol. The Kier molecular flexibility index (Phi) is 5.28. The van der Waals surface area contributed by atoms with Crippen LogP contribution in [0.3, 0.4) is 0 Å². The Morgan fingerprint density at radius 1 is 1.53 bits per heavy atom. The van der Waals surface area contributed by atoms with E-state index in [1.54, 1.807) is 20.1 Å². The van der Waals surface area contributed by atoms with Gasteiger partial charge in [0.15, 0.2) is 9.84 Å². The predicted octanol–water partition coefficient (Wildman–Crippen LogP) is 0.684. The Balaban J connectivity index is 2.79. The molecule has 0 aromatic carbocycles. The second-order valence-electron chi connectivity index (χ2n) is 4.72. The Morgan fingerprint density at radius 3 is 2.79 bits per heavy atom. The first-order chi connectivity index (χ1) is 8.76. The van der Waals surface area contributed by atoms with Crippen LogP contribution in [0.25, 0.3) is 0 Å². The third-order valence-corrected chi connectivity index (χ3v) is 3.78. The van der Waals surface area contributed by atoms with Gasteiger partial charge in [0.25, 0.3) is 0 Å². The average molecular weight is 288 g/mol. The third kappa shape index (κ3) is 5.14. The summed E-state index contributed by atoms with van der Waals surface area (Å²) in [4.78, 5) is 4.12. The van der Waals surface area contributed by atoms with Gasteiger partial charge in [0.05, 0.1) is 5.60 Å². The molecule has 1 aromatic rings. The minimum Gasteiger partial charge on any atom is -0.388 e. The van der Waals surface area contributed by atoms with E-state index in [9.17, 15) is 13.5 Å². The van der Waals surface area contributed by atoms with Crippen LogP contribution in [0.4, 0.5) is 5.82 Å². The molecule has 19 heavy (non-hydrogen) atoms. The van der Waals surface area contributed by atoms with Crippen LogP contribution in [0, 0.1) is 0 Å². The molecule has 7 heteroatoms. The normalized spacial score (nSPS) is 14.9. The summed E-state index contributed by atoms with van der Waals surface area (Å²) in [6.45, 7) is 2.27. The van der Waals surface area contributed by atoms with Crippen molar-refractivity contribution < 1.29 is 18.3 Å². The van der Waals surface area contributed by atoms with Gasteiger partial charge in [0.2, 0.25) is 0 Å². The smallest absolute Gasteiger partial charge is 0.179 e. The lowest BCUT2D eigenvalue weighted by atomic mass is 10.0. The van der Waals surface area contributed by atoms with Crippen LogP contribution in [-0.4, -0.2) is 50.6 Å². The maximum absolute atomic E-state index is 11.6. The van der Waals surface area contributed by atoms with Crippen molar-refractivity contribution in [1.29, 1.82) is 0 Å². The molecule has 6 nitrogen and oxygen atoms in total. The minimum atomic E-state index is -3.35. The first-order valence-corrected chi connectivity index (χ1v) is 7.76. The van der Waals surface area contributed by atoms with Crippen molar-refractivity contribution in [1.82, 2.24) is 4.98 Å². The number of sulfone groups is 1. The second kappa shape index (κ2) is 6.31. The number of anilines is 1. The van der Waals surface area contributed by atoms with Crippen molar-refractivity contribution in [3.05, 3.63) is 18.3 Å². The highest BCUT2D eigenvalue weighted by atomic mass is 32.2. The zero-order valence-electron chi connectivity index (χ0n) is 11.4. The molecule has 0 radical (unpaired) electrons. The largest absolute Gasteiger partial charge is 0.388 e. The Labute approximate surface area is 113 Å². The van der Waals surface area contributed by atoms with Crippen LogP contribution in [0.15, 0.2) is 23.2 Å². The molecule has 108 valence electrons. The number of ether oxygens (including phenoxy) is 1. The van der Waals surface area contributed by atoms with E-state index in [2.05, 4.69) is 10.3 Å². The molecule has 0 aliphatic heterocycles. The van der Waals surface area contributed by atoms with Crippen LogP contribution in [0.2, 0.25) is 0 Å². The molecule has 1 atom stereocenters. The summed E-state index contributed by atoms with van der Waals surface area (Å²) >= 11 is 0. The molecular formula is C12H20N2O4S. The zero-order chi connectivity index (χ0) is 14.5. The molecule has 1 unspecified atom stereocenters. The average Bonchev–Trinajstić information content (AvgIpc) is 2.33. The van der Waals surface area contributed by atoms with Crippen molar-refractivity contribution in [3.8, 4) is 0 Å². The SMILES string of the molecule is COCCC(C)(O)CNc1ncccc1S(C)(=O)=O. The topological polar surface area (TPSA) is 88.5 Å². The van der Waals surface area contributed by atoms with Gasteiger partial charge >= 0.3 is 0 Å². The van der Waals surface area contributed by atoms with Crippen LogP contribution >= 0.6 is 0 Å². The van der Waals surface area contributed by atoms with Gasteiger partial charge in [-0.2, -0.15) is 0 Å². The van der Waals surface area contributed by atoms with E-state index in [0.717, 1.165) is 6.26 Å². The van der Waals surface area contributed by atoms with Crippen LogP contribution in [0.1, 0.15) is 13.3 Å². The van der Waals surface area contributed by atoms with Crippen LogP contribution < -0.4 is 5.32 Å². The Hall–Kier alpha value is -1.18. The molecule has 0 amide bonds. The second-order valence-corrected chi connectivity index (χ2v) is 6.70. The quantitative estimate of drug-likeness (QED) is 0.767. The molecule has 0 spiro atoms. The maximum Gasteiger partial charge on any atom is 0.179 e. The van der Waals surface area contributed by atoms with Crippen LogP contribution in [0.5, 0.6) is 0 Å². The number of methoxy groups -OCH3 is 1. The van der Waals surface area contributed by atoms with Crippen molar-refractivity contribution in [2.45, 2.75) is 23.8 Å². The lowest BCUT2D eigenvalue weighted by molar-refractivity contribution is 0.0356. The van der Waals surface area contributed by atoms with Gasteiger partial charge in [0.1, 0.15) is 10.7 Å². The van der Waals surface area contributed by atoms with Gasteiger partial charge in [-0.15, -0.1) is 0 Å². The summed E-state index contributed by atoms with van der Waals surface area (Å²) in [5, 5.41) is 13.0. The van der Waals surface area contributed by atoms with E-state index in [0.29, 0.717) is 13.0 Å². The standard InChI is InChI=1S/C12H20N2O4S/c1-12(15,6-8-18-2)9-14-11-10(19(3,16)17)5-4-7-13-11/h4-5,7,15H,6,8-9H2,1-3H3,(H,13,14). The van der Waals surface area contributed by atoms with Gasteiger partial charge in [-0.3, -0.25) is 0 Å². The molecule has 1 rings (SSSR count). The molecule has 1 heterocycles. The Morgan fingerprint density at radius 2 is 2.21 bits per heavy atom. The van der Waals surface area contributed by atoms with Gasteiger partial charge in [-0.05, 0) is 19.1 Å². The highest BCUT2D eigenvalue weighted by Crippen LogP contribution is 2.19. The zero-order valence-corrected chi connectivity index (χ0v) is 12.2. The monoisotopic (exact) mass is 288 g/mol. The fourth-order valence-corrected chi connectivity index (χ4v) is 2.31. The number of aliphatic hydroxyl groups is 1. The first-order valence-electron chi connectivity index (χ1n) is 5.86. The first kappa shape index (κ1) is 15.9. The number of nitrogens with zero attached hydrogens (tertiary/aromatic N) is 1. The van der Waals surface area contributed by atoms with E-state index in [1.807, 2.05) is 0 Å². The third-order valence-electron chi connectivity index (χ3n) is 2.65. The summed E-state index contributed by atoms with van der Waals surface area (Å²) in [5.74, 6) is 0.252. The number of rotatable bonds is 7. The number of hydrogen-bond acceptors (Lipinski definition) is 6. The molecule has 0 fully saturated rings. The van der Waals surface area contributed by atoms with Gasteiger partial charge in [0, 0.05) is 39.1 Å². The van der Waals surface area contributed by atoms with E-state index < -0.39 is 15.4 Å². The summed E-state index contributed by atoms with van der Waals surface area (Å²) < 4.78 is 28.1. The highest BCUT2D eigenvalue weighted by Gasteiger charge is 2.21. The van der Waals surface area contributed by atoms with Gasteiger partial charge in [-0.1, -0.05) is 0 Å². The fraction of sp³-hybridized carbons (Fsp3) is 0.583. The molecule has 0 saturated carbocycles. The van der Waals surface area contributed by atoms with Crippen molar-refractivity contribution in [3.63, 3.8) is 0 Å². The maximum atomic E-state index is 11.6. The molecule has 0 bridgehead atoms. The lowest BCUT2D eigenvalue weighted by Gasteiger charge is -2.24. The van der Waals surface area contributed by atoms with Crippen molar-refractivity contribution in [2.75, 3.05) is 31.8 Å². The molecule has 0 aliphatic carbocycles. The van der Waals surface area contributed by atoms with Gasteiger partial charge in [-0.25, -0.2) is 13.4 Å². The lowest BCUT2D eigenvalue weighted by Crippen LogP contribution is -2.35. The molecule has 1 aromatic heterocycles. The number of pyridine rings is 1. The number of aromatic nitrogens is 1. The van der Waals surface area contributed by atoms with E-state index in [1.165, 1.54) is 12.3 Å². The molecule has 0 saturated heterocycles. The minimum absolute atomic E-state index is 0.123. The van der Waals surface area contributed by atoms with E-state index >= 15 is 0 Å². The fourth-order valence-electron chi connectivity index (χ4n) is 1.51. The molecule has 2 N–H and O–H groups in total. The molecule has 0 aliphatic rings. The number of hydrogen-bond donors (Lipinski definition) is 2. The summed E-state index contributed by atoms with van der Waals surface area (Å²) in [5.41, 5.74) is -0.998. The summed E-state index contributed by atoms with van der Waals surface area (Å²) in [6, 6.07) is 3.04. The van der Waals surface area contributed by atoms with Gasteiger partial charge < -0.3 is 15.2 Å². The molecular weight excluding hydrogens is 268 g/mol. The highest BCUT2D eigenvalue weighted by molar-refractivity contribution is 7.90. The summed E-state index contributed by atoms with van der Waals surface area (Å²) in [7, 11) is -1.79. The Bertz CT molecular complexity index is 514. The van der Waals surface area contributed by atoms with Crippen molar-refractivity contribution in [2.24, 2.45) is 0 Å². The summed E-state index contributed by atoms with van der Waals surface area (Å²) in [6.07, 6.45) is 3.07. The van der Waals surface area contributed by atoms with E-state index in [4.69, 9.17) is 4.74 Å². The van der Waals surface area contributed by atoms with E-state index in [-0.39, 0.29) is 17.3 Å². The number of nitrogens with one attached hydrogen (secondary N) is 1.